The van der Waals surface area contributed by atoms with E-state index in [4.69, 9.17) is 21.4 Å². The number of aryl methyl sites for hydroxylation is 1. The van der Waals surface area contributed by atoms with Crippen molar-refractivity contribution in [3.05, 3.63) is 88.4 Å². The lowest BCUT2D eigenvalue weighted by molar-refractivity contribution is -0.139. The summed E-state index contributed by atoms with van der Waals surface area (Å²) in [5.41, 5.74) is 5.51. The van der Waals surface area contributed by atoms with Crippen LogP contribution >= 0.6 is 11.6 Å². The van der Waals surface area contributed by atoms with E-state index >= 15 is 0 Å². The molecule has 0 unspecified atom stereocenters. The van der Waals surface area contributed by atoms with Gasteiger partial charge in [-0.15, -0.1) is 0 Å². The number of aliphatic carboxylic acids is 1. The maximum absolute atomic E-state index is 10.8. The molecule has 0 amide bonds. The van der Waals surface area contributed by atoms with Gasteiger partial charge in [0.05, 0.1) is 6.10 Å². The Morgan fingerprint density at radius 3 is 2.69 bits per heavy atom. The van der Waals surface area contributed by atoms with Crippen molar-refractivity contribution >= 4 is 17.6 Å². The smallest absolute Gasteiger partial charge is 0.341 e. The van der Waals surface area contributed by atoms with E-state index in [0.717, 1.165) is 36.0 Å². The van der Waals surface area contributed by atoms with Crippen molar-refractivity contribution in [2.24, 2.45) is 0 Å². The Balaban J connectivity index is 1.42. The number of carboxylic acid groups (broad SMARTS) is 1. The Labute approximate surface area is 192 Å². The van der Waals surface area contributed by atoms with Crippen LogP contribution in [-0.2, 0) is 17.6 Å². The van der Waals surface area contributed by atoms with Gasteiger partial charge in [-0.3, -0.25) is 0 Å². The predicted octanol–water partition coefficient (Wildman–Crippen LogP) is 4.65. The molecule has 32 heavy (non-hydrogen) atoms. The normalized spacial score (nSPS) is 16.2. The lowest BCUT2D eigenvalue weighted by Gasteiger charge is -2.27. The van der Waals surface area contributed by atoms with Crippen molar-refractivity contribution in [3.8, 4) is 16.9 Å². The van der Waals surface area contributed by atoms with E-state index in [1.54, 1.807) is 18.2 Å². The number of carbonyl (C=O) groups is 1. The fourth-order valence-electron chi connectivity index (χ4n) is 4.13. The predicted molar refractivity (Wildman–Crippen MR) is 125 cm³/mol. The third-order valence-corrected chi connectivity index (χ3v) is 6.03. The van der Waals surface area contributed by atoms with Crippen molar-refractivity contribution in [3.63, 3.8) is 0 Å². The molecule has 0 radical (unpaired) electrons. The maximum Gasteiger partial charge on any atom is 0.341 e. The van der Waals surface area contributed by atoms with Crippen molar-refractivity contribution in [1.29, 1.82) is 0 Å². The van der Waals surface area contributed by atoms with E-state index in [9.17, 15) is 9.90 Å². The standard InChI is InChI=1S/C26H26ClNO4/c27-22-5-1-4-20(12-22)25(29)15-28-23-10-9-17-7-8-19(11-21(17)13-23)18-3-2-6-24(14-18)32-16-26(30)31/h1-8,11-12,14,23,25,28-29H,9-10,13,15-16H2,(H,30,31)/t23-,25+/m0/s1. The van der Waals surface area contributed by atoms with E-state index in [1.165, 1.54) is 11.1 Å². The first-order valence-electron chi connectivity index (χ1n) is 10.7. The molecule has 2 atom stereocenters. The zero-order valence-electron chi connectivity index (χ0n) is 17.6. The molecule has 3 aromatic carbocycles. The van der Waals surface area contributed by atoms with E-state index in [0.29, 0.717) is 17.3 Å². The molecule has 6 heteroatoms. The Morgan fingerprint density at radius 1 is 1.06 bits per heavy atom. The van der Waals surface area contributed by atoms with Gasteiger partial charge < -0.3 is 20.3 Å². The summed E-state index contributed by atoms with van der Waals surface area (Å²) in [4.78, 5) is 10.8. The number of aliphatic hydroxyl groups excluding tert-OH is 1. The first-order chi connectivity index (χ1) is 15.5. The molecule has 1 aliphatic carbocycles. The number of hydrogen-bond acceptors (Lipinski definition) is 4. The van der Waals surface area contributed by atoms with E-state index in [2.05, 4.69) is 23.5 Å². The summed E-state index contributed by atoms with van der Waals surface area (Å²) in [6.45, 7) is 0.116. The third kappa shape index (κ3) is 5.68. The summed E-state index contributed by atoms with van der Waals surface area (Å²) in [6.07, 6.45) is 2.30. The molecule has 5 nitrogen and oxygen atoms in total. The summed E-state index contributed by atoms with van der Waals surface area (Å²) in [7, 11) is 0. The Kier molecular flexibility index (Phi) is 7.10. The Hall–Kier alpha value is -2.86. The molecule has 0 saturated carbocycles. The topological polar surface area (TPSA) is 78.8 Å². The highest BCUT2D eigenvalue weighted by atomic mass is 35.5. The fraction of sp³-hybridized carbons (Fsp3) is 0.269. The van der Waals surface area contributed by atoms with Crippen LogP contribution in [0.15, 0.2) is 66.7 Å². The number of hydrogen-bond donors (Lipinski definition) is 3. The Morgan fingerprint density at radius 2 is 1.88 bits per heavy atom. The molecule has 0 fully saturated rings. The quantitative estimate of drug-likeness (QED) is 0.464. The first-order valence-corrected chi connectivity index (χ1v) is 11.1. The van der Waals surface area contributed by atoms with Gasteiger partial charge in [0.15, 0.2) is 6.61 Å². The second-order valence-electron chi connectivity index (χ2n) is 8.11. The van der Waals surface area contributed by atoms with Gasteiger partial charge in [0.25, 0.3) is 0 Å². The minimum atomic E-state index is -0.997. The van der Waals surface area contributed by atoms with Crippen molar-refractivity contribution in [2.45, 2.75) is 31.4 Å². The minimum Gasteiger partial charge on any atom is -0.482 e. The van der Waals surface area contributed by atoms with E-state index in [1.807, 2.05) is 30.3 Å². The molecule has 0 spiro atoms. The van der Waals surface area contributed by atoms with Crippen LogP contribution in [0.4, 0.5) is 0 Å². The summed E-state index contributed by atoms with van der Waals surface area (Å²) in [5, 5.41) is 23.4. The number of benzene rings is 3. The Bertz CT molecular complexity index is 1100. The highest BCUT2D eigenvalue weighted by Gasteiger charge is 2.20. The number of halogens is 1. The fourth-order valence-corrected chi connectivity index (χ4v) is 4.33. The molecule has 0 bridgehead atoms. The number of ether oxygens (including phenoxy) is 1. The van der Waals surface area contributed by atoms with Gasteiger partial charge in [-0.05, 0) is 71.3 Å². The molecule has 0 aliphatic heterocycles. The first kappa shape index (κ1) is 22.3. The highest BCUT2D eigenvalue weighted by Crippen LogP contribution is 2.30. The lowest BCUT2D eigenvalue weighted by atomic mass is 9.86. The molecular formula is C26H26ClNO4. The van der Waals surface area contributed by atoms with Crippen LogP contribution in [0.5, 0.6) is 5.75 Å². The van der Waals surface area contributed by atoms with Crippen LogP contribution in [0, 0.1) is 0 Å². The molecule has 0 saturated heterocycles. The third-order valence-electron chi connectivity index (χ3n) is 5.80. The molecule has 3 N–H and O–H groups in total. The summed E-state index contributed by atoms with van der Waals surface area (Å²) in [6, 6.07) is 21.6. The average Bonchev–Trinajstić information content (AvgIpc) is 2.81. The van der Waals surface area contributed by atoms with Gasteiger partial charge in [0.1, 0.15) is 5.75 Å². The summed E-state index contributed by atoms with van der Waals surface area (Å²) in [5.74, 6) is -0.458. The highest BCUT2D eigenvalue weighted by molar-refractivity contribution is 6.30. The molecule has 0 heterocycles. The van der Waals surface area contributed by atoms with Gasteiger partial charge in [0.2, 0.25) is 0 Å². The van der Waals surface area contributed by atoms with E-state index in [-0.39, 0.29) is 12.6 Å². The van der Waals surface area contributed by atoms with Crippen LogP contribution in [0.1, 0.15) is 29.2 Å². The average molecular weight is 452 g/mol. The maximum atomic E-state index is 10.8. The molecular weight excluding hydrogens is 426 g/mol. The molecule has 4 rings (SSSR count). The zero-order chi connectivity index (χ0) is 22.5. The SMILES string of the molecule is O=C(O)COc1cccc(-c2ccc3c(c2)C[C@@H](NC[C@@H](O)c2cccc(Cl)c2)CC3)c1. The second-order valence-corrected chi connectivity index (χ2v) is 8.55. The molecule has 1 aliphatic rings. The second kappa shape index (κ2) is 10.2. The molecule has 0 aromatic heterocycles. The lowest BCUT2D eigenvalue weighted by Crippen LogP contribution is -2.37. The van der Waals surface area contributed by atoms with Crippen LogP contribution < -0.4 is 10.1 Å². The number of aliphatic hydroxyl groups is 1. The van der Waals surface area contributed by atoms with Crippen LogP contribution in [0.2, 0.25) is 5.02 Å². The number of rotatable bonds is 8. The van der Waals surface area contributed by atoms with Gasteiger partial charge in [-0.25, -0.2) is 4.79 Å². The van der Waals surface area contributed by atoms with Crippen molar-refractivity contribution < 1.29 is 19.7 Å². The summed E-state index contributed by atoms with van der Waals surface area (Å²) < 4.78 is 5.32. The monoisotopic (exact) mass is 451 g/mol. The van der Waals surface area contributed by atoms with Gasteiger partial charge >= 0.3 is 5.97 Å². The minimum absolute atomic E-state index is 0.289. The van der Waals surface area contributed by atoms with Crippen LogP contribution in [-0.4, -0.2) is 35.4 Å². The largest absolute Gasteiger partial charge is 0.482 e. The van der Waals surface area contributed by atoms with E-state index < -0.39 is 12.1 Å². The van der Waals surface area contributed by atoms with Gasteiger partial charge in [0, 0.05) is 17.6 Å². The van der Waals surface area contributed by atoms with Crippen LogP contribution in [0.3, 0.4) is 0 Å². The van der Waals surface area contributed by atoms with Crippen molar-refractivity contribution in [1.82, 2.24) is 5.32 Å². The van der Waals surface area contributed by atoms with Crippen molar-refractivity contribution in [2.75, 3.05) is 13.2 Å². The van der Waals surface area contributed by atoms with Gasteiger partial charge in [-0.1, -0.05) is 54.1 Å². The number of carboxylic acids is 1. The van der Waals surface area contributed by atoms with Gasteiger partial charge in [-0.2, -0.15) is 0 Å². The molecule has 3 aromatic rings. The van der Waals surface area contributed by atoms with Crippen LogP contribution in [0.25, 0.3) is 11.1 Å². The zero-order valence-corrected chi connectivity index (χ0v) is 18.4. The summed E-state index contributed by atoms with van der Waals surface area (Å²) >= 11 is 6.04. The molecule has 166 valence electrons. The number of nitrogens with one attached hydrogen (secondary N) is 1. The number of fused-ring (bicyclic) bond motifs is 1.